The van der Waals surface area contributed by atoms with Gasteiger partial charge in [0, 0.05) is 31.1 Å². The van der Waals surface area contributed by atoms with Crippen LogP contribution in [0.1, 0.15) is 5.56 Å². The van der Waals surface area contributed by atoms with Gasteiger partial charge in [-0.25, -0.2) is 4.98 Å². The predicted octanol–water partition coefficient (Wildman–Crippen LogP) is 2.59. The highest BCUT2D eigenvalue weighted by molar-refractivity contribution is 5.81. The van der Waals surface area contributed by atoms with Crippen molar-refractivity contribution in [1.29, 1.82) is 0 Å². The van der Waals surface area contributed by atoms with Gasteiger partial charge < -0.3 is 19.8 Å². The molecule has 6 heteroatoms. The van der Waals surface area contributed by atoms with Crippen LogP contribution in [0.5, 0.6) is 11.5 Å². The maximum atomic E-state index is 5.28. The Labute approximate surface area is 122 Å². The Morgan fingerprint density at radius 1 is 1.19 bits per heavy atom. The highest BCUT2D eigenvalue weighted by Gasteiger charge is 2.09. The van der Waals surface area contributed by atoms with Gasteiger partial charge in [0.05, 0.1) is 25.3 Å². The van der Waals surface area contributed by atoms with Gasteiger partial charge in [0.25, 0.3) is 0 Å². The zero-order valence-corrected chi connectivity index (χ0v) is 11.9. The zero-order chi connectivity index (χ0) is 14.7. The number of ether oxygens (including phenoxy) is 2. The lowest BCUT2D eigenvalue weighted by molar-refractivity contribution is 0.356. The predicted molar refractivity (Wildman–Crippen MR) is 80.8 cm³/mol. The molecule has 0 fully saturated rings. The normalized spacial score (nSPS) is 10.6. The van der Waals surface area contributed by atoms with E-state index in [0.717, 1.165) is 16.6 Å². The maximum absolute atomic E-state index is 5.28. The lowest BCUT2D eigenvalue weighted by Crippen LogP contribution is -2.00. The fourth-order valence-corrected chi connectivity index (χ4v) is 2.11. The molecule has 3 aromatic rings. The van der Waals surface area contributed by atoms with E-state index in [0.29, 0.717) is 24.0 Å². The topological polar surface area (TPSA) is 72.1 Å². The molecule has 0 radical (unpaired) electrons. The third-order valence-corrected chi connectivity index (χ3v) is 3.17. The van der Waals surface area contributed by atoms with Gasteiger partial charge in [-0.1, -0.05) is 6.07 Å². The monoisotopic (exact) mass is 284 g/mol. The molecule has 0 spiro atoms. The lowest BCUT2D eigenvalue weighted by Gasteiger charge is -2.06. The number of methoxy groups -OCH3 is 2. The number of pyridine rings is 1. The molecule has 0 atom stereocenters. The van der Waals surface area contributed by atoms with Crippen LogP contribution in [0, 0.1) is 0 Å². The third-order valence-electron chi connectivity index (χ3n) is 3.17. The Kier molecular flexibility index (Phi) is 3.59. The first-order valence-electron chi connectivity index (χ1n) is 6.54. The van der Waals surface area contributed by atoms with E-state index < -0.39 is 0 Å². The minimum atomic E-state index is 0.655. The summed E-state index contributed by atoms with van der Waals surface area (Å²) in [5.74, 6) is 2.03. The van der Waals surface area contributed by atoms with Crippen molar-refractivity contribution >= 4 is 17.0 Å². The molecule has 0 aliphatic carbocycles. The average molecular weight is 284 g/mol. The summed E-state index contributed by atoms with van der Waals surface area (Å²) >= 11 is 0. The number of hydrogen-bond donors (Lipinski definition) is 2. The van der Waals surface area contributed by atoms with Crippen LogP contribution in [0.2, 0.25) is 0 Å². The second-order valence-electron chi connectivity index (χ2n) is 4.52. The molecular weight excluding hydrogens is 268 g/mol. The van der Waals surface area contributed by atoms with Crippen molar-refractivity contribution in [1.82, 2.24) is 15.0 Å². The van der Waals surface area contributed by atoms with Gasteiger partial charge in [-0.2, -0.15) is 0 Å². The number of hydrogen-bond acceptors (Lipinski definition) is 5. The van der Waals surface area contributed by atoms with Gasteiger partial charge in [-0.05, 0) is 11.6 Å². The first kappa shape index (κ1) is 13.2. The number of nitrogens with one attached hydrogen (secondary N) is 2. The molecule has 0 aliphatic heterocycles. The molecule has 2 N–H and O–H groups in total. The molecule has 0 saturated carbocycles. The van der Waals surface area contributed by atoms with E-state index in [9.17, 15) is 0 Å². The van der Waals surface area contributed by atoms with E-state index in [4.69, 9.17) is 9.47 Å². The quantitative estimate of drug-likeness (QED) is 0.753. The van der Waals surface area contributed by atoms with Crippen LogP contribution < -0.4 is 14.8 Å². The Morgan fingerprint density at radius 2 is 2.00 bits per heavy atom. The van der Waals surface area contributed by atoms with Gasteiger partial charge >= 0.3 is 0 Å². The highest BCUT2D eigenvalue weighted by atomic mass is 16.5. The number of fused-ring (bicyclic) bond motifs is 1. The summed E-state index contributed by atoms with van der Waals surface area (Å²) in [4.78, 5) is 11.8. The second-order valence-corrected chi connectivity index (χ2v) is 4.52. The minimum Gasteiger partial charge on any atom is -0.493 e. The molecule has 2 aromatic heterocycles. The van der Waals surface area contributed by atoms with Crippen LogP contribution in [0.4, 0.5) is 5.95 Å². The molecule has 108 valence electrons. The number of H-pyrrole nitrogens is 1. The van der Waals surface area contributed by atoms with E-state index >= 15 is 0 Å². The summed E-state index contributed by atoms with van der Waals surface area (Å²) in [6.45, 7) is 0.655. The van der Waals surface area contributed by atoms with Gasteiger partial charge in [0.1, 0.15) is 0 Å². The van der Waals surface area contributed by atoms with Gasteiger partial charge in [0.2, 0.25) is 5.95 Å². The molecule has 6 nitrogen and oxygen atoms in total. The summed E-state index contributed by atoms with van der Waals surface area (Å²) in [5, 5.41) is 3.24. The third kappa shape index (κ3) is 2.74. The Morgan fingerprint density at radius 3 is 2.71 bits per heavy atom. The molecule has 21 heavy (non-hydrogen) atoms. The van der Waals surface area contributed by atoms with Crippen LogP contribution in [0.3, 0.4) is 0 Å². The second kappa shape index (κ2) is 5.70. The van der Waals surface area contributed by atoms with Crippen molar-refractivity contribution in [2.45, 2.75) is 6.54 Å². The summed E-state index contributed by atoms with van der Waals surface area (Å²) in [7, 11) is 3.22. The molecule has 0 aliphatic rings. The van der Waals surface area contributed by atoms with Gasteiger partial charge in [-0.3, -0.25) is 4.98 Å². The number of imidazole rings is 1. The number of aromatic nitrogens is 3. The van der Waals surface area contributed by atoms with E-state index in [1.165, 1.54) is 0 Å². The lowest BCUT2D eigenvalue weighted by atomic mass is 10.3. The zero-order valence-electron chi connectivity index (χ0n) is 11.9. The smallest absolute Gasteiger partial charge is 0.201 e. The standard InChI is InChI=1S/C15H16N4O2/c1-20-13-6-11-12(7-14(13)21-2)19-15(18-11)17-9-10-4-3-5-16-8-10/h3-8H,9H2,1-2H3,(H2,17,18,19). The first-order chi connectivity index (χ1) is 10.3. The average Bonchev–Trinajstić information content (AvgIpc) is 2.94. The fraction of sp³-hybridized carbons (Fsp3) is 0.200. The minimum absolute atomic E-state index is 0.655. The van der Waals surface area contributed by atoms with Crippen LogP contribution in [-0.2, 0) is 6.54 Å². The van der Waals surface area contributed by atoms with Crippen molar-refractivity contribution in [2.24, 2.45) is 0 Å². The largest absolute Gasteiger partial charge is 0.493 e. The van der Waals surface area contributed by atoms with Crippen molar-refractivity contribution in [2.75, 3.05) is 19.5 Å². The van der Waals surface area contributed by atoms with Crippen LogP contribution in [-0.4, -0.2) is 29.2 Å². The van der Waals surface area contributed by atoms with Crippen molar-refractivity contribution in [3.63, 3.8) is 0 Å². The van der Waals surface area contributed by atoms with Crippen molar-refractivity contribution in [3.8, 4) is 11.5 Å². The van der Waals surface area contributed by atoms with Crippen molar-refractivity contribution < 1.29 is 9.47 Å². The fourth-order valence-electron chi connectivity index (χ4n) is 2.11. The number of nitrogens with zero attached hydrogens (tertiary/aromatic N) is 2. The van der Waals surface area contributed by atoms with E-state index in [-0.39, 0.29) is 0 Å². The highest BCUT2D eigenvalue weighted by Crippen LogP contribution is 2.31. The van der Waals surface area contributed by atoms with E-state index in [1.54, 1.807) is 20.4 Å². The molecular formula is C15H16N4O2. The SMILES string of the molecule is COc1cc2nc(NCc3cccnc3)[nH]c2cc1OC. The summed E-state index contributed by atoms with van der Waals surface area (Å²) in [6, 6.07) is 7.64. The maximum Gasteiger partial charge on any atom is 0.201 e. The Bertz CT molecular complexity index is 699. The number of anilines is 1. The van der Waals surface area contributed by atoms with Gasteiger partial charge in [0.15, 0.2) is 11.5 Å². The molecule has 3 rings (SSSR count). The molecule has 0 bridgehead atoms. The Balaban J connectivity index is 1.84. The molecule has 0 amide bonds. The molecule has 0 saturated heterocycles. The number of aromatic amines is 1. The molecule has 0 unspecified atom stereocenters. The van der Waals surface area contributed by atoms with Crippen LogP contribution in [0.25, 0.3) is 11.0 Å². The van der Waals surface area contributed by atoms with E-state index in [1.807, 2.05) is 30.5 Å². The number of rotatable bonds is 5. The molecule has 2 heterocycles. The summed E-state index contributed by atoms with van der Waals surface area (Å²) in [6.07, 6.45) is 3.57. The van der Waals surface area contributed by atoms with Crippen LogP contribution in [0.15, 0.2) is 36.7 Å². The summed E-state index contributed by atoms with van der Waals surface area (Å²) in [5.41, 5.74) is 2.80. The number of benzene rings is 1. The Hall–Kier alpha value is -2.76. The van der Waals surface area contributed by atoms with Gasteiger partial charge in [-0.15, -0.1) is 0 Å². The molecule has 1 aromatic carbocycles. The first-order valence-corrected chi connectivity index (χ1v) is 6.54. The van der Waals surface area contributed by atoms with Crippen LogP contribution >= 0.6 is 0 Å². The summed E-state index contributed by atoms with van der Waals surface area (Å²) < 4.78 is 10.6. The van der Waals surface area contributed by atoms with Crippen molar-refractivity contribution in [3.05, 3.63) is 42.2 Å². The van der Waals surface area contributed by atoms with E-state index in [2.05, 4.69) is 20.3 Å².